The number of aromatic carboxylic acids is 1. The van der Waals surface area contributed by atoms with Gasteiger partial charge in [-0.15, -0.1) is 13.2 Å². The number of carboxylic acid groups (broad SMARTS) is 1. The van der Waals surface area contributed by atoms with Crippen LogP contribution in [-0.4, -0.2) is 32.5 Å². The van der Waals surface area contributed by atoms with Crippen molar-refractivity contribution in [2.45, 2.75) is 18.2 Å². The third kappa shape index (κ3) is 6.16. The van der Waals surface area contributed by atoms with Gasteiger partial charge in [-0.05, 0) is 60.5 Å². The number of hydrogen-bond donors (Lipinski definition) is 2. The number of rotatable bonds is 8. The molecule has 2 N–H and O–H groups in total. The van der Waals surface area contributed by atoms with E-state index in [1.54, 1.807) is 19.1 Å². The zero-order chi connectivity index (χ0) is 24.2. The average molecular weight is 481 g/mol. The van der Waals surface area contributed by atoms with E-state index in [0.717, 1.165) is 6.07 Å². The molecule has 0 aliphatic carbocycles. The Morgan fingerprint density at radius 1 is 0.970 bits per heavy atom. The van der Waals surface area contributed by atoms with Crippen molar-refractivity contribution in [2.24, 2.45) is 0 Å². The van der Waals surface area contributed by atoms with E-state index in [-0.39, 0.29) is 34.3 Å². The molecule has 0 spiro atoms. The molecular weight excluding hydrogens is 463 g/mol. The Labute approximate surface area is 187 Å². The first kappa shape index (κ1) is 23.9. The van der Waals surface area contributed by atoms with Gasteiger partial charge in [0, 0.05) is 5.69 Å². The van der Waals surface area contributed by atoms with E-state index in [9.17, 15) is 31.5 Å². The molecule has 0 saturated heterocycles. The topological polar surface area (TPSA) is 102 Å². The van der Waals surface area contributed by atoms with Crippen LogP contribution in [0.3, 0.4) is 0 Å². The summed E-state index contributed by atoms with van der Waals surface area (Å²) in [5, 5.41) is 9.32. The predicted molar refractivity (Wildman–Crippen MR) is 114 cm³/mol. The third-order valence-electron chi connectivity index (χ3n) is 4.35. The molecule has 0 bridgehead atoms. The Balaban J connectivity index is 1.78. The fourth-order valence-corrected chi connectivity index (χ4v) is 4.00. The van der Waals surface area contributed by atoms with E-state index in [4.69, 9.17) is 4.74 Å². The summed E-state index contributed by atoms with van der Waals surface area (Å²) in [7, 11) is -4.09. The molecule has 0 unspecified atom stereocenters. The smallest absolute Gasteiger partial charge is 0.493 e. The number of nitrogens with one attached hydrogen (secondary N) is 1. The van der Waals surface area contributed by atoms with Gasteiger partial charge < -0.3 is 14.6 Å². The first-order valence-electron chi connectivity index (χ1n) is 9.48. The minimum Gasteiger partial charge on any atom is -0.493 e. The zero-order valence-corrected chi connectivity index (χ0v) is 17.9. The number of halogens is 3. The van der Waals surface area contributed by atoms with E-state index < -0.39 is 22.4 Å². The normalized spacial score (nSPS) is 11.6. The number of ether oxygens (including phenoxy) is 2. The highest BCUT2D eigenvalue weighted by atomic mass is 32.2. The highest BCUT2D eigenvalue weighted by molar-refractivity contribution is 7.92. The summed E-state index contributed by atoms with van der Waals surface area (Å²) in [5.74, 6) is -1.63. The van der Waals surface area contributed by atoms with Crippen molar-refractivity contribution in [3.05, 3.63) is 72.3 Å². The van der Waals surface area contributed by atoms with Gasteiger partial charge in [0.15, 0.2) is 0 Å². The van der Waals surface area contributed by atoms with Crippen molar-refractivity contribution in [2.75, 3.05) is 11.3 Å². The maximum atomic E-state index is 12.7. The number of carbonyl (C=O) groups is 1. The van der Waals surface area contributed by atoms with Crippen LogP contribution in [0.25, 0.3) is 11.1 Å². The van der Waals surface area contributed by atoms with Crippen molar-refractivity contribution in [1.29, 1.82) is 0 Å². The average Bonchev–Trinajstić information content (AvgIpc) is 2.74. The van der Waals surface area contributed by atoms with Gasteiger partial charge in [0.05, 0.1) is 11.5 Å². The van der Waals surface area contributed by atoms with Gasteiger partial charge in [-0.25, -0.2) is 13.2 Å². The number of benzene rings is 3. The molecule has 11 heteroatoms. The number of hydrogen-bond acceptors (Lipinski definition) is 5. The molecule has 3 aromatic rings. The van der Waals surface area contributed by atoms with E-state index in [0.29, 0.717) is 11.1 Å². The van der Waals surface area contributed by atoms with Crippen LogP contribution in [0.15, 0.2) is 71.6 Å². The molecule has 0 aliphatic heterocycles. The van der Waals surface area contributed by atoms with Crippen LogP contribution < -0.4 is 14.2 Å². The molecule has 0 aromatic heterocycles. The van der Waals surface area contributed by atoms with E-state index >= 15 is 0 Å². The van der Waals surface area contributed by atoms with Crippen molar-refractivity contribution in [1.82, 2.24) is 0 Å². The second-order valence-electron chi connectivity index (χ2n) is 6.65. The van der Waals surface area contributed by atoms with Crippen LogP contribution in [0.1, 0.15) is 17.3 Å². The van der Waals surface area contributed by atoms with Crippen molar-refractivity contribution < 1.29 is 41.0 Å². The maximum absolute atomic E-state index is 12.7. The summed E-state index contributed by atoms with van der Waals surface area (Å²) < 4.78 is 73.6. The van der Waals surface area contributed by atoms with E-state index in [2.05, 4.69) is 9.46 Å². The predicted octanol–water partition coefficient (Wildman–Crippen LogP) is 5.15. The highest BCUT2D eigenvalue weighted by Crippen LogP contribution is 2.28. The lowest BCUT2D eigenvalue weighted by Crippen LogP contribution is -2.16. The van der Waals surface area contributed by atoms with Gasteiger partial charge in [-0.3, -0.25) is 4.72 Å². The minimum absolute atomic E-state index is 0.0555. The molecule has 3 aromatic carbocycles. The molecule has 3 rings (SSSR count). The molecular formula is C22H18F3NO6S. The molecule has 0 heterocycles. The van der Waals surface area contributed by atoms with E-state index in [1.807, 2.05) is 0 Å². The summed E-state index contributed by atoms with van der Waals surface area (Å²) >= 11 is 0. The minimum atomic E-state index is -4.78. The van der Waals surface area contributed by atoms with Crippen LogP contribution in [0.4, 0.5) is 18.9 Å². The van der Waals surface area contributed by atoms with Crippen LogP contribution in [-0.2, 0) is 10.0 Å². The summed E-state index contributed by atoms with van der Waals surface area (Å²) in [4.78, 5) is 11.2. The van der Waals surface area contributed by atoms with E-state index in [1.165, 1.54) is 48.5 Å². The van der Waals surface area contributed by atoms with Crippen LogP contribution in [0.5, 0.6) is 11.5 Å². The molecule has 33 heavy (non-hydrogen) atoms. The second kappa shape index (κ2) is 9.41. The monoisotopic (exact) mass is 481 g/mol. The molecule has 7 nitrogen and oxygen atoms in total. The van der Waals surface area contributed by atoms with Gasteiger partial charge in [0.2, 0.25) is 0 Å². The van der Waals surface area contributed by atoms with Crippen LogP contribution in [0.2, 0.25) is 0 Å². The first-order valence-corrected chi connectivity index (χ1v) is 11.0. The molecule has 0 radical (unpaired) electrons. The van der Waals surface area contributed by atoms with Crippen LogP contribution >= 0.6 is 0 Å². The van der Waals surface area contributed by atoms with Crippen molar-refractivity contribution in [3.8, 4) is 22.6 Å². The van der Waals surface area contributed by atoms with Gasteiger partial charge in [0.25, 0.3) is 10.0 Å². The largest absolute Gasteiger partial charge is 0.573 e. The fraction of sp³-hybridized carbons (Fsp3) is 0.136. The quantitative estimate of drug-likeness (QED) is 0.461. The molecule has 0 saturated carbocycles. The lowest BCUT2D eigenvalue weighted by Gasteiger charge is -2.12. The molecule has 174 valence electrons. The SMILES string of the molecule is CCOc1ccc(S(=O)(=O)Nc2ccc(-c3ccc(OC(F)(F)F)cc3)cc2)cc1C(=O)O. The van der Waals surface area contributed by atoms with Crippen molar-refractivity contribution in [3.63, 3.8) is 0 Å². The summed E-state index contributed by atoms with van der Waals surface area (Å²) in [5.41, 5.74) is 1.15. The maximum Gasteiger partial charge on any atom is 0.573 e. The molecule has 0 fully saturated rings. The first-order chi connectivity index (χ1) is 15.5. The molecule has 0 amide bonds. The standard InChI is InChI=1S/C22H18F3NO6S/c1-2-31-20-12-11-18(13-19(20)21(27)28)33(29,30)26-16-7-3-14(4-8-16)15-5-9-17(10-6-15)32-22(23,24)25/h3-13,26H,2H2,1H3,(H,27,28). The Morgan fingerprint density at radius 3 is 2.06 bits per heavy atom. The van der Waals surface area contributed by atoms with Gasteiger partial charge in [0.1, 0.15) is 17.1 Å². The van der Waals surface area contributed by atoms with Crippen LogP contribution in [0, 0.1) is 0 Å². The summed E-state index contributed by atoms with van der Waals surface area (Å²) in [6.45, 7) is 1.89. The molecule has 0 atom stereocenters. The van der Waals surface area contributed by atoms with Gasteiger partial charge in [-0.1, -0.05) is 24.3 Å². The Morgan fingerprint density at radius 2 is 1.55 bits per heavy atom. The number of alkyl halides is 3. The second-order valence-corrected chi connectivity index (χ2v) is 8.33. The lowest BCUT2D eigenvalue weighted by molar-refractivity contribution is -0.274. The van der Waals surface area contributed by atoms with Crippen molar-refractivity contribution >= 4 is 21.7 Å². The Bertz CT molecular complexity index is 1240. The number of sulfonamides is 1. The Hall–Kier alpha value is -3.73. The highest BCUT2D eigenvalue weighted by Gasteiger charge is 2.31. The fourth-order valence-electron chi connectivity index (χ4n) is 2.92. The number of carboxylic acids is 1. The van der Waals surface area contributed by atoms with Gasteiger partial charge >= 0.3 is 12.3 Å². The lowest BCUT2D eigenvalue weighted by atomic mass is 10.1. The third-order valence-corrected chi connectivity index (χ3v) is 5.73. The summed E-state index contributed by atoms with van der Waals surface area (Å²) in [6.07, 6.45) is -4.78. The number of anilines is 1. The van der Waals surface area contributed by atoms with Gasteiger partial charge in [-0.2, -0.15) is 0 Å². The summed E-state index contributed by atoms with van der Waals surface area (Å²) in [6, 6.07) is 14.8. The zero-order valence-electron chi connectivity index (χ0n) is 17.1. The Kier molecular flexibility index (Phi) is 6.82. The molecule has 0 aliphatic rings.